The monoisotopic (exact) mass is 742 g/mol. The Balaban J connectivity index is 1.27. The van der Waals surface area contributed by atoms with Gasteiger partial charge in [-0.1, -0.05) is 26.0 Å². The lowest BCUT2D eigenvalue weighted by molar-refractivity contribution is -0.130. The van der Waals surface area contributed by atoms with E-state index < -0.39 is 56.4 Å². The second kappa shape index (κ2) is 14.7. The molecule has 0 radical (unpaired) electrons. The van der Waals surface area contributed by atoms with Crippen LogP contribution in [-0.4, -0.2) is 85.3 Å². The van der Waals surface area contributed by atoms with Crippen molar-refractivity contribution in [2.45, 2.75) is 81.5 Å². The molecule has 1 aromatic carbocycles. The zero-order chi connectivity index (χ0) is 36.5. The van der Waals surface area contributed by atoms with Gasteiger partial charge in [0.15, 0.2) is 11.6 Å². The van der Waals surface area contributed by atoms with Gasteiger partial charge in [-0.15, -0.1) is 11.3 Å². The van der Waals surface area contributed by atoms with Crippen LogP contribution in [0.4, 0.5) is 9.18 Å². The van der Waals surface area contributed by atoms with E-state index in [2.05, 4.69) is 25.3 Å². The predicted octanol–water partition coefficient (Wildman–Crippen LogP) is 4.63. The van der Waals surface area contributed by atoms with Gasteiger partial charge in [0.05, 0.1) is 24.7 Å². The maximum absolute atomic E-state index is 15.5. The van der Waals surface area contributed by atoms with Crippen molar-refractivity contribution >= 4 is 50.1 Å². The van der Waals surface area contributed by atoms with E-state index in [0.29, 0.717) is 41.9 Å². The van der Waals surface area contributed by atoms with E-state index in [0.717, 1.165) is 18.5 Å². The molecule has 0 bridgehead atoms. The number of allylic oxidation sites excluding steroid dienone is 1. The number of rotatable bonds is 10. The summed E-state index contributed by atoms with van der Waals surface area (Å²) in [5, 5.41) is 7.82. The van der Waals surface area contributed by atoms with E-state index in [-0.39, 0.29) is 42.4 Å². The van der Waals surface area contributed by atoms with Crippen molar-refractivity contribution in [1.29, 1.82) is 0 Å². The SMILES string of the molecule is COc1ccc2c(OCC[C@@H]3NC(=O)N(C)CCCCC=C[C@@H]4C[C@@]4(C(=O)NS(=O)(=O)C4CC4)NC3=O)cc(-c3nc(C(C)C)cs3)nc2c1F. The number of pyridine rings is 1. The molecule has 3 heterocycles. The summed E-state index contributed by atoms with van der Waals surface area (Å²) in [5.41, 5.74) is -0.189. The van der Waals surface area contributed by atoms with Crippen LogP contribution in [0.3, 0.4) is 0 Å². The highest BCUT2D eigenvalue weighted by atomic mass is 32.2. The molecule has 51 heavy (non-hydrogen) atoms. The van der Waals surface area contributed by atoms with Crippen molar-refractivity contribution in [3.05, 3.63) is 47.2 Å². The number of nitrogens with one attached hydrogen (secondary N) is 3. The number of fused-ring (bicyclic) bond motifs is 2. The quantitative estimate of drug-likeness (QED) is 0.251. The van der Waals surface area contributed by atoms with E-state index in [1.165, 1.54) is 29.4 Å². The lowest BCUT2D eigenvalue weighted by Crippen LogP contribution is -2.58. The lowest BCUT2D eigenvalue weighted by atomic mass is 10.1. The summed E-state index contributed by atoms with van der Waals surface area (Å²) in [6.07, 6.45) is 7.15. The molecule has 6 rings (SSSR count). The summed E-state index contributed by atoms with van der Waals surface area (Å²) in [4.78, 5) is 51.4. The maximum Gasteiger partial charge on any atom is 0.317 e. The Morgan fingerprint density at radius 2 is 1.98 bits per heavy atom. The number of hydrogen-bond donors (Lipinski definition) is 3. The molecule has 2 aromatic heterocycles. The second-order valence-corrected chi connectivity index (χ2v) is 16.5. The number of carbonyl (C=O) groups is 3. The van der Waals surface area contributed by atoms with Gasteiger partial charge in [0.1, 0.15) is 33.5 Å². The third kappa shape index (κ3) is 7.96. The molecule has 0 unspecified atom stereocenters. The van der Waals surface area contributed by atoms with E-state index in [9.17, 15) is 22.8 Å². The van der Waals surface area contributed by atoms with Crippen molar-refractivity contribution in [2.75, 3.05) is 27.3 Å². The van der Waals surface area contributed by atoms with Crippen molar-refractivity contribution < 1.29 is 36.7 Å². The van der Waals surface area contributed by atoms with E-state index in [1.54, 1.807) is 19.2 Å². The van der Waals surface area contributed by atoms with Crippen LogP contribution in [0.5, 0.6) is 11.5 Å². The van der Waals surface area contributed by atoms with Crippen molar-refractivity contribution in [3.8, 4) is 22.2 Å². The molecule has 3 atom stereocenters. The maximum atomic E-state index is 15.5. The van der Waals surface area contributed by atoms with Crippen molar-refractivity contribution in [1.82, 2.24) is 30.2 Å². The number of halogens is 1. The highest BCUT2D eigenvalue weighted by Crippen LogP contribution is 2.46. The lowest BCUT2D eigenvalue weighted by Gasteiger charge is -2.26. The van der Waals surface area contributed by atoms with Gasteiger partial charge in [-0.25, -0.2) is 27.6 Å². The Morgan fingerprint density at radius 3 is 2.69 bits per heavy atom. The summed E-state index contributed by atoms with van der Waals surface area (Å²) < 4.78 is 54.5. The highest BCUT2D eigenvalue weighted by molar-refractivity contribution is 7.91. The summed E-state index contributed by atoms with van der Waals surface area (Å²) in [5.74, 6) is -2.05. The smallest absolute Gasteiger partial charge is 0.317 e. The fraction of sp³-hybridized carbons (Fsp3) is 0.514. The van der Waals surface area contributed by atoms with Gasteiger partial charge in [0.25, 0.3) is 5.91 Å². The molecule has 16 heteroatoms. The molecule has 0 spiro atoms. The van der Waals surface area contributed by atoms with Gasteiger partial charge in [-0.05, 0) is 56.6 Å². The number of sulfonamides is 1. The van der Waals surface area contributed by atoms with Crippen LogP contribution >= 0.6 is 11.3 Å². The number of ether oxygens (including phenoxy) is 2. The molecule has 13 nitrogen and oxygen atoms in total. The van der Waals surface area contributed by atoms with Gasteiger partial charge in [0.2, 0.25) is 15.9 Å². The molecular weight excluding hydrogens is 700 g/mol. The average Bonchev–Trinajstić information content (AvgIpc) is 4.01. The minimum atomic E-state index is -3.87. The van der Waals surface area contributed by atoms with Gasteiger partial charge < -0.3 is 25.0 Å². The van der Waals surface area contributed by atoms with Crippen LogP contribution in [-0.2, 0) is 19.6 Å². The third-order valence-electron chi connectivity index (χ3n) is 9.47. The fourth-order valence-corrected chi connectivity index (χ4v) is 8.33. The fourth-order valence-electron chi connectivity index (χ4n) is 6.02. The molecule has 3 aromatic rings. The van der Waals surface area contributed by atoms with Gasteiger partial charge in [0, 0.05) is 42.8 Å². The Morgan fingerprint density at radius 1 is 1.20 bits per heavy atom. The first-order valence-electron chi connectivity index (χ1n) is 17.1. The van der Waals surface area contributed by atoms with Crippen molar-refractivity contribution in [3.63, 3.8) is 0 Å². The number of thiazole rings is 1. The number of nitrogens with zero attached hydrogens (tertiary/aromatic N) is 3. The normalized spacial score (nSPS) is 22.9. The minimum Gasteiger partial charge on any atom is -0.494 e. The van der Waals surface area contributed by atoms with Gasteiger partial charge in [-0.3, -0.25) is 14.3 Å². The number of urea groups is 1. The van der Waals surface area contributed by atoms with Gasteiger partial charge >= 0.3 is 6.03 Å². The molecule has 2 aliphatic carbocycles. The first-order valence-corrected chi connectivity index (χ1v) is 19.6. The standard InChI is InChI=1S/C35H43FN6O7S2/c1-20(2)26-19-50-32(38-26)25-17-28(23-12-13-27(48-4)29(36)30(23)37-25)49-16-14-24-31(43)40-35(33(44)41-51(46,47)22-10-11-22)18-21(35)9-7-5-6-8-15-42(3)34(45)39-24/h7,9,12-13,17,19-22,24H,5-6,8,10-11,14-16,18H2,1-4H3,(H,39,45)(H,40,43)(H,41,44)/t21-,24+,35-/m1/s1. The number of amides is 4. The Kier molecular flexibility index (Phi) is 10.5. The highest BCUT2D eigenvalue weighted by Gasteiger charge is 2.61. The summed E-state index contributed by atoms with van der Waals surface area (Å²) in [6, 6.07) is 3.13. The topological polar surface area (TPSA) is 169 Å². The molecule has 3 N–H and O–H groups in total. The Bertz CT molecular complexity index is 1960. The number of hydrogen-bond acceptors (Lipinski definition) is 10. The first-order chi connectivity index (χ1) is 24.3. The summed E-state index contributed by atoms with van der Waals surface area (Å²) in [6.45, 7) is 4.42. The second-order valence-electron chi connectivity index (χ2n) is 13.6. The molecular formula is C35H43FN6O7S2. The molecule has 1 aliphatic heterocycles. The minimum absolute atomic E-state index is 0.0134. The summed E-state index contributed by atoms with van der Waals surface area (Å²) in [7, 11) is -0.869. The van der Waals surface area contributed by atoms with Crippen LogP contribution in [0.1, 0.15) is 70.4 Å². The van der Waals surface area contributed by atoms with Gasteiger partial charge in [-0.2, -0.15) is 0 Å². The largest absolute Gasteiger partial charge is 0.494 e. The first kappa shape index (κ1) is 36.5. The zero-order valence-electron chi connectivity index (χ0n) is 29.0. The number of benzene rings is 1. The van der Waals surface area contributed by atoms with E-state index >= 15 is 4.39 Å². The average molecular weight is 743 g/mol. The molecule has 3 aliphatic rings. The predicted molar refractivity (Wildman–Crippen MR) is 191 cm³/mol. The Hall–Kier alpha value is -4.31. The van der Waals surface area contributed by atoms with E-state index in [4.69, 9.17) is 9.47 Å². The third-order valence-corrected chi connectivity index (χ3v) is 12.2. The number of aromatic nitrogens is 2. The molecule has 2 fully saturated rings. The van der Waals surface area contributed by atoms with Crippen LogP contribution < -0.4 is 24.8 Å². The van der Waals surface area contributed by atoms with Crippen molar-refractivity contribution in [2.24, 2.45) is 5.92 Å². The van der Waals surface area contributed by atoms with E-state index in [1.807, 2.05) is 31.4 Å². The summed E-state index contributed by atoms with van der Waals surface area (Å²) >= 11 is 1.38. The Labute approximate surface area is 300 Å². The van der Waals surface area contributed by atoms with Crippen LogP contribution in [0, 0.1) is 11.7 Å². The molecule has 2 saturated carbocycles. The zero-order valence-corrected chi connectivity index (χ0v) is 30.7. The van der Waals surface area contributed by atoms with Crippen LogP contribution in [0.2, 0.25) is 0 Å². The molecule has 274 valence electrons. The number of carbonyl (C=O) groups excluding carboxylic acids is 3. The molecule has 0 saturated heterocycles. The van der Waals surface area contributed by atoms with Crippen LogP contribution in [0.25, 0.3) is 21.6 Å². The number of methoxy groups -OCH3 is 1. The molecule has 4 amide bonds. The van der Waals surface area contributed by atoms with Crippen LogP contribution in [0.15, 0.2) is 35.7 Å².